The molecule has 0 heterocycles. The smallest absolute Gasteiger partial charge is 0.0598 e. The Hall–Kier alpha value is 0.0400. The molecule has 1 N–H and O–H groups in total. The average Bonchev–Trinajstić information content (AvgIpc) is 2.93. The van der Waals surface area contributed by atoms with E-state index in [1.807, 2.05) is 6.07 Å². The Morgan fingerprint density at radius 2 is 1.50 bits per heavy atom. The minimum atomic E-state index is -1.03. The van der Waals surface area contributed by atoms with Gasteiger partial charge in [0.05, 0.1) is 8.15 Å². The summed E-state index contributed by atoms with van der Waals surface area (Å²) < 4.78 is 0. The molecule has 2 rings (SSSR count). The van der Waals surface area contributed by atoms with Crippen LogP contribution in [0.15, 0.2) is 30.3 Å². The molecule has 136 valence electrons. The molecule has 1 aromatic carbocycles. The molecule has 0 spiro atoms. The Bertz CT molecular complexity index is 501. The van der Waals surface area contributed by atoms with Gasteiger partial charge in [-0.05, 0) is 34.7 Å². The molecule has 0 radical (unpaired) electrons. The van der Waals surface area contributed by atoms with E-state index in [9.17, 15) is 4.89 Å². The summed E-state index contributed by atoms with van der Waals surface area (Å²) in [6.45, 7) is 17.0. The van der Waals surface area contributed by atoms with Gasteiger partial charge in [0.25, 0.3) is 0 Å². The lowest BCUT2D eigenvalue weighted by molar-refractivity contribution is 0.504. The third-order valence-electron chi connectivity index (χ3n) is 5.34. The van der Waals surface area contributed by atoms with Crippen molar-refractivity contribution in [2.45, 2.75) is 89.4 Å². The zero-order valence-corrected chi connectivity index (χ0v) is 18.4. The highest BCUT2D eigenvalue weighted by molar-refractivity contribution is 7.62. The maximum atomic E-state index is 11.1. The molecule has 3 heteroatoms. The summed E-state index contributed by atoms with van der Waals surface area (Å²) in [6.07, 6.45) is 3.77. The summed E-state index contributed by atoms with van der Waals surface area (Å²) in [4.78, 5) is 11.1. The molecule has 4 unspecified atom stereocenters. The molecule has 1 aliphatic carbocycles. The minimum absolute atomic E-state index is 0.136. The lowest BCUT2D eigenvalue weighted by Crippen LogP contribution is -2.36. The molecule has 1 saturated carbocycles. The van der Waals surface area contributed by atoms with E-state index in [4.69, 9.17) is 0 Å². The van der Waals surface area contributed by atoms with Crippen LogP contribution in [0, 0.1) is 5.92 Å². The summed E-state index contributed by atoms with van der Waals surface area (Å²) >= 11 is 0. The third-order valence-corrected chi connectivity index (χ3v) is 11.5. The molecule has 0 bridgehead atoms. The fourth-order valence-electron chi connectivity index (χ4n) is 5.03. The van der Waals surface area contributed by atoms with E-state index in [1.54, 1.807) is 0 Å². The second-order valence-electron chi connectivity index (χ2n) is 9.29. The van der Waals surface area contributed by atoms with Gasteiger partial charge in [-0.15, -0.1) is 0 Å². The van der Waals surface area contributed by atoms with E-state index in [-0.39, 0.29) is 7.92 Å². The van der Waals surface area contributed by atoms with E-state index in [0.717, 1.165) is 5.30 Å². The molecule has 1 fully saturated rings. The van der Waals surface area contributed by atoms with Crippen molar-refractivity contribution in [3.05, 3.63) is 30.3 Å². The SMILES string of the molecule is CC(C1CCCC1P(O)c1ccccc1)P(C(C)(C)C)C(C)(C)C. The van der Waals surface area contributed by atoms with Crippen LogP contribution in [0.4, 0.5) is 0 Å². The number of hydrogen-bond donors (Lipinski definition) is 1. The van der Waals surface area contributed by atoms with Gasteiger partial charge in [0.1, 0.15) is 0 Å². The first-order valence-electron chi connectivity index (χ1n) is 9.36. The van der Waals surface area contributed by atoms with E-state index in [2.05, 4.69) is 72.7 Å². The van der Waals surface area contributed by atoms with Crippen LogP contribution in [0.25, 0.3) is 0 Å². The molecule has 0 amide bonds. The normalized spacial score (nSPS) is 25.0. The van der Waals surface area contributed by atoms with Crippen molar-refractivity contribution >= 4 is 21.4 Å². The maximum absolute atomic E-state index is 11.1. The van der Waals surface area contributed by atoms with Gasteiger partial charge in [-0.25, -0.2) is 0 Å². The molecular formula is C21H36OP2. The van der Waals surface area contributed by atoms with Gasteiger partial charge < -0.3 is 4.89 Å². The molecule has 1 aliphatic rings. The Morgan fingerprint density at radius 1 is 0.958 bits per heavy atom. The van der Waals surface area contributed by atoms with E-state index >= 15 is 0 Å². The van der Waals surface area contributed by atoms with Gasteiger partial charge >= 0.3 is 0 Å². The summed E-state index contributed by atoms with van der Waals surface area (Å²) in [7, 11) is -1.17. The summed E-state index contributed by atoms with van der Waals surface area (Å²) in [5.74, 6) is 0.672. The molecule has 1 nitrogen and oxygen atoms in total. The monoisotopic (exact) mass is 366 g/mol. The van der Waals surface area contributed by atoms with Crippen LogP contribution in [0.5, 0.6) is 0 Å². The van der Waals surface area contributed by atoms with Crippen LogP contribution in [0.3, 0.4) is 0 Å². The van der Waals surface area contributed by atoms with Crippen molar-refractivity contribution in [2.75, 3.05) is 0 Å². The third kappa shape index (κ3) is 4.60. The first kappa shape index (κ1) is 20.4. The van der Waals surface area contributed by atoms with Crippen LogP contribution in [-0.4, -0.2) is 26.5 Å². The van der Waals surface area contributed by atoms with Crippen molar-refractivity contribution < 1.29 is 4.89 Å². The summed E-state index contributed by atoms with van der Waals surface area (Å²) in [5.41, 5.74) is 1.18. The second kappa shape index (κ2) is 7.73. The fourth-order valence-corrected chi connectivity index (χ4v) is 12.4. The van der Waals surface area contributed by atoms with Gasteiger partial charge in [-0.1, -0.05) is 93.1 Å². The van der Waals surface area contributed by atoms with Crippen molar-refractivity contribution in [3.63, 3.8) is 0 Å². The van der Waals surface area contributed by atoms with Gasteiger partial charge in [-0.3, -0.25) is 0 Å². The Balaban J connectivity index is 2.25. The van der Waals surface area contributed by atoms with Crippen molar-refractivity contribution in [1.29, 1.82) is 0 Å². The van der Waals surface area contributed by atoms with Gasteiger partial charge in [0.2, 0.25) is 0 Å². The van der Waals surface area contributed by atoms with Crippen LogP contribution in [0.1, 0.15) is 67.7 Å². The lowest BCUT2D eigenvalue weighted by atomic mass is 10.0. The second-order valence-corrected chi connectivity index (χ2v) is 15.4. The first-order valence-corrected chi connectivity index (χ1v) is 12.1. The number of benzene rings is 1. The van der Waals surface area contributed by atoms with Crippen molar-refractivity contribution in [3.8, 4) is 0 Å². The standard InChI is InChI=1S/C21H36OP2/c1-16(24(20(2,3)4)21(5,6)7)18-14-11-15-19(18)23(22)17-12-9-8-10-13-17/h8-10,12-13,16,18-19,22H,11,14-15H2,1-7H3. The lowest BCUT2D eigenvalue weighted by Gasteiger charge is -2.48. The predicted molar refractivity (Wildman–Crippen MR) is 112 cm³/mol. The zero-order chi connectivity index (χ0) is 18.1. The van der Waals surface area contributed by atoms with Crippen molar-refractivity contribution in [2.24, 2.45) is 5.92 Å². The molecule has 0 aliphatic heterocycles. The maximum Gasteiger partial charge on any atom is 0.0598 e. The fraction of sp³-hybridized carbons (Fsp3) is 0.714. The molecule has 4 atom stereocenters. The summed E-state index contributed by atoms with van der Waals surface area (Å²) in [5, 5.41) is 1.86. The van der Waals surface area contributed by atoms with Crippen LogP contribution < -0.4 is 5.30 Å². The Morgan fingerprint density at radius 3 is 2.00 bits per heavy atom. The number of hydrogen-bond acceptors (Lipinski definition) is 1. The Kier molecular flexibility index (Phi) is 6.56. The Labute approximate surface area is 152 Å². The summed E-state index contributed by atoms with van der Waals surface area (Å²) in [6, 6.07) is 10.4. The molecule has 24 heavy (non-hydrogen) atoms. The quantitative estimate of drug-likeness (QED) is 0.617. The highest BCUT2D eigenvalue weighted by Gasteiger charge is 2.45. The minimum Gasteiger partial charge on any atom is -0.369 e. The molecule has 0 aromatic heterocycles. The highest BCUT2D eigenvalue weighted by Crippen LogP contribution is 2.66. The average molecular weight is 366 g/mol. The van der Waals surface area contributed by atoms with Crippen LogP contribution >= 0.6 is 16.1 Å². The van der Waals surface area contributed by atoms with Crippen molar-refractivity contribution in [1.82, 2.24) is 0 Å². The first-order chi connectivity index (χ1) is 11.0. The van der Waals surface area contributed by atoms with Crippen LogP contribution in [0.2, 0.25) is 0 Å². The van der Waals surface area contributed by atoms with Crippen LogP contribution in [-0.2, 0) is 0 Å². The number of rotatable bonds is 4. The van der Waals surface area contributed by atoms with E-state index in [1.165, 1.54) is 19.3 Å². The molecule has 0 saturated heterocycles. The zero-order valence-electron chi connectivity index (χ0n) is 16.6. The highest BCUT2D eigenvalue weighted by atomic mass is 31.1. The van der Waals surface area contributed by atoms with Gasteiger partial charge in [-0.2, -0.15) is 0 Å². The van der Waals surface area contributed by atoms with E-state index < -0.39 is 8.15 Å². The topological polar surface area (TPSA) is 20.2 Å². The van der Waals surface area contributed by atoms with Gasteiger partial charge in [0.15, 0.2) is 0 Å². The molecular weight excluding hydrogens is 330 g/mol. The predicted octanol–water partition coefficient (Wildman–Crippen LogP) is 6.34. The van der Waals surface area contributed by atoms with E-state index in [0.29, 0.717) is 27.5 Å². The van der Waals surface area contributed by atoms with Gasteiger partial charge in [0, 0.05) is 11.0 Å². The molecule has 1 aromatic rings. The largest absolute Gasteiger partial charge is 0.369 e.